The van der Waals surface area contributed by atoms with Crippen LogP contribution in [0.2, 0.25) is 0 Å². The van der Waals surface area contributed by atoms with E-state index < -0.39 is 10.0 Å². The van der Waals surface area contributed by atoms with Crippen molar-refractivity contribution in [1.82, 2.24) is 9.21 Å². The van der Waals surface area contributed by atoms with Crippen LogP contribution in [0, 0.1) is 5.41 Å². The van der Waals surface area contributed by atoms with E-state index in [0.717, 1.165) is 0 Å². The Labute approximate surface area is 97.0 Å². The molecular weight excluding hydrogens is 228 g/mol. The molecule has 0 bridgehead atoms. The van der Waals surface area contributed by atoms with Crippen LogP contribution >= 0.6 is 0 Å². The average Bonchev–Trinajstić information content (AvgIpc) is 2.17. The average molecular weight is 248 g/mol. The van der Waals surface area contributed by atoms with E-state index >= 15 is 0 Å². The van der Waals surface area contributed by atoms with Gasteiger partial charge in [-0.3, -0.25) is 10.3 Å². The molecule has 0 radical (unpaired) electrons. The summed E-state index contributed by atoms with van der Waals surface area (Å²) in [6.45, 7) is 6.09. The van der Waals surface area contributed by atoms with Crippen molar-refractivity contribution in [2.24, 2.45) is 5.73 Å². The summed E-state index contributed by atoms with van der Waals surface area (Å²) in [6, 6.07) is 0. The molecule has 0 atom stereocenters. The smallest absolute Gasteiger partial charge is 0.216 e. The monoisotopic (exact) mass is 248 g/mol. The summed E-state index contributed by atoms with van der Waals surface area (Å²) in [7, 11) is -3.13. The van der Waals surface area contributed by atoms with Gasteiger partial charge in [-0.1, -0.05) is 0 Å². The zero-order valence-corrected chi connectivity index (χ0v) is 10.6. The Hall–Kier alpha value is -0.660. The molecule has 0 spiro atoms. The van der Waals surface area contributed by atoms with Crippen molar-refractivity contribution in [3.63, 3.8) is 0 Å². The molecule has 0 saturated carbocycles. The number of piperazine rings is 1. The highest BCUT2D eigenvalue weighted by molar-refractivity contribution is 7.89. The molecule has 0 aromatic heterocycles. The third-order valence-electron chi connectivity index (χ3n) is 2.68. The predicted octanol–water partition coefficient (Wildman–Crippen LogP) is -0.722. The van der Waals surface area contributed by atoms with E-state index in [0.29, 0.717) is 32.7 Å². The van der Waals surface area contributed by atoms with Crippen LogP contribution in [0.3, 0.4) is 0 Å². The fourth-order valence-corrected chi connectivity index (χ4v) is 2.95. The largest absolute Gasteiger partial charge is 0.387 e. The Balaban J connectivity index is 2.52. The SMILES string of the molecule is CC(C)S(=O)(=O)N1CCN(CC(=N)N)CC1. The van der Waals surface area contributed by atoms with Crippen LogP contribution in [0.1, 0.15) is 13.8 Å². The second kappa shape index (κ2) is 5.11. The maximum Gasteiger partial charge on any atom is 0.216 e. The van der Waals surface area contributed by atoms with Crippen molar-refractivity contribution in [1.29, 1.82) is 5.41 Å². The van der Waals surface area contributed by atoms with Crippen LogP contribution < -0.4 is 5.73 Å². The molecule has 16 heavy (non-hydrogen) atoms. The Morgan fingerprint density at radius 1 is 1.31 bits per heavy atom. The lowest BCUT2D eigenvalue weighted by Crippen LogP contribution is -2.51. The first kappa shape index (κ1) is 13.4. The third-order valence-corrected chi connectivity index (χ3v) is 4.96. The van der Waals surface area contributed by atoms with Gasteiger partial charge in [0.25, 0.3) is 0 Å². The van der Waals surface area contributed by atoms with Crippen molar-refractivity contribution < 1.29 is 8.42 Å². The maximum absolute atomic E-state index is 11.9. The molecule has 6 nitrogen and oxygen atoms in total. The fourth-order valence-electron chi connectivity index (χ4n) is 1.68. The quantitative estimate of drug-likeness (QED) is 0.507. The van der Waals surface area contributed by atoms with Crippen LogP contribution in [0.4, 0.5) is 0 Å². The van der Waals surface area contributed by atoms with Gasteiger partial charge in [0, 0.05) is 26.2 Å². The van der Waals surface area contributed by atoms with Crippen molar-refractivity contribution in [2.75, 3.05) is 32.7 Å². The molecule has 1 saturated heterocycles. The van der Waals surface area contributed by atoms with Gasteiger partial charge < -0.3 is 5.73 Å². The summed E-state index contributed by atoms with van der Waals surface area (Å²) in [6.07, 6.45) is 0. The van der Waals surface area contributed by atoms with E-state index in [1.54, 1.807) is 13.8 Å². The summed E-state index contributed by atoms with van der Waals surface area (Å²) in [5.41, 5.74) is 5.30. The lowest BCUT2D eigenvalue weighted by molar-refractivity contribution is 0.208. The maximum atomic E-state index is 11.9. The number of nitrogens with zero attached hydrogens (tertiary/aromatic N) is 2. The molecule has 3 N–H and O–H groups in total. The summed E-state index contributed by atoms with van der Waals surface area (Å²) in [5.74, 6) is 0.125. The van der Waals surface area contributed by atoms with Crippen molar-refractivity contribution >= 4 is 15.9 Å². The standard InChI is InChI=1S/C9H20N4O2S/c1-8(2)16(14,15)13-5-3-12(4-6-13)7-9(10)11/h8H,3-7H2,1-2H3,(H3,10,11). The van der Waals surface area contributed by atoms with Gasteiger partial charge in [-0.05, 0) is 13.8 Å². The number of amidine groups is 1. The van der Waals surface area contributed by atoms with Crippen LogP contribution in [-0.2, 0) is 10.0 Å². The molecule has 1 rings (SSSR count). The molecule has 1 fully saturated rings. The van der Waals surface area contributed by atoms with E-state index in [-0.39, 0.29) is 11.1 Å². The first-order valence-electron chi connectivity index (χ1n) is 5.38. The number of hydrogen-bond acceptors (Lipinski definition) is 4. The lowest BCUT2D eigenvalue weighted by atomic mass is 10.3. The van der Waals surface area contributed by atoms with Crippen molar-refractivity contribution in [2.45, 2.75) is 19.1 Å². The number of nitrogens with two attached hydrogens (primary N) is 1. The Morgan fingerprint density at radius 2 is 1.81 bits per heavy atom. The first-order chi connectivity index (χ1) is 7.34. The Bertz CT molecular complexity index is 345. The molecule has 7 heteroatoms. The van der Waals surface area contributed by atoms with Gasteiger partial charge in [0.15, 0.2) is 0 Å². The summed E-state index contributed by atoms with van der Waals surface area (Å²) in [5, 5.41) is 6.81. The highest BCUT2D eigenvalue weighted by atomic mass is 32.2. The summed E-state index contributed by atoms with van der Waals surface area (Å²) >= 11 is 0. The Kier molecular flexibility index (Phi) is 4.28. The summed E-state index contributed by atoms with van der Waals surface area (Å²) < 4.78 is 25.2. The normalized spacial score (nSPS) is 20.2. The second-order valence-electron chi connectivity index (χ2n) is 4.29. The molecule has 0 unspecified atom stereocenters. The molecule has 0 aromatic carbocycles. The number of sulfonamides is 1. The highest BCUT2D eigenvalue weighted by Gasteiger charge is 2.29. The third kappa shape index (κ3) is 3.16. The minimum atomic E-state index is -3.13. The van der Waals surface area contributed by atoms with E-state index in [2.05, 4.69) is 0 Å². The van der Waals surface area contributed by atoms with Gasteiger partial charge in [-0.25, -0.2) is 8.42 Å². The number of rotatable bonds is 4. The van der Waals surface area contributed by atoms with Crippen LogP contribution in [0.5, 0.6) is 0 Å². The minimum Gasteiger partial charge on any atom is -0.387 e. The summed E-state index contributed by atoms with van der Waals surface area (Å²) in [4.78, 5) is 1.99. The van der Waals surface area contributed by atoms with Gasteiger partial charge >= 0.3 is 0 Å². The van der Waals surface area contributed by atoms with E-state index in [1.165, 1.54) is 4.31 Å². The van der Waals surface area contributed by atoms with Gasteiger partial charge in [0.2, 0.25) is 10.0 Å². The number of nitrogens with one attached hydrogen (secondary N) is 1. The van der Waals surface area contributed by atoms with Gasteiger partial charge in [-0.2, -0.15) is 4.31 Å². The molecule has 1 aliphatic rings. The predicted molar refractivity (Wildman–Crippen MR) is 64.0 cm³/mol. The fraction of sp³-hybridized carbons (Fsp3) is 0.889. The van der Waals surface area contributed by atoms with Gasteiger partial charge in [0.05, 0.1) is 11.8 Å². The lowest BCUT2D eigenvalue weighted by Gasteiger charge is -2.34. The molecule has 0 amide bonds. The molecule has 0 aromatic rings. The zero-order chi connectivity index (χ0) is 12.3. The molecule has 1 heterocycles. The van der Waals surface area contributed by atoms with E-state index in [4.69, 9.17) is 11.1 Å². The molecule has 1 aliphatic heterocycles. The molecule has 0 aliphatic carbocycles. The zero-order valence-electron chi connectivity index (χ0n) is 9.81. The topological polar surface area (TPSA) is 90.5 Å². The second-order valence-corrected chi connectivity index (χ2v) is 6.78. The molecular formula is C9H20N4O2S. The van der Waals surface area contributed by atoms with Gasteiger partial charge in [0.1, 0.15) is 5.84 Å². The van der Waals surface area contributed by atoms with Crippen molar-refractivity contribution in [3.8, 4) is 0 Å². The Morgan fingerprint density at radius 3 is 2.19 bits per heavy atom. The molecule has 94 valence electrons. The highest BCUT2D eigenvalue weighted by Crippen LogP contribution is 2.11. The van der Waals surface area contributed by atoms with Crippen LogP contribution in [0.25, 0.3) is 0 Å². The van der Waals surface area contributed by atoms with Crippen LogP contribution in [-0.4, -0.2) is 61.4 Å². The first-order valence-corrected chi connectivity index (χ1v) is 6.88. The van der Waals surface area contributed by atoms with Crippen molar-refractivity contribution in [3.05, 3.63) is 0 Å². The van der Waals surface area contributed by atoms with Crippen LogP contribution in [0.15, 0.2) is 0 Å². The van der Waals surface area contributed by atoms with Gasteiger partial charge in [-0.15, -0.1) is 0 Å². The van der Waals surface area contributed by atoms with E-state index in [1.807, 2.05) is 4.90 Å². The van der Waals surface area contributed by atoms with E-state index in [9.17, 15) is 8.42 Å². The number of hydrogen-bond donors (Lipinski definition) is 2. The minimum absolute atomic E-state index is 0.125.